The number of hydrogen-bond acceptors (Lipinski definition) is 3. The molecule has 0 aromatic heterocycles. The fourth-order valence-electron chi connectivity index (χ4n) is 1.36. The molecule has 0 radical (unpaired) electrons. The number of phenolic OH excluding ortho intramolecular Hbond substituents is 1. The molecule has 0 amide bonds. The molecule has 0 bridgehead atoms. The first-order valence-corrected chi connectivity index (χ1v) is 4.58. The van der Waals surface area contributed by atoms with Gasteiger partial charge in [-0.05, 0) is 12.1 Å². The van der Waals surface area contributed by atoms with Crippen LogP contribution in [0.3, 0.4) is 0 Å². The molecule has 0 spiro atoms. The van der Waals surface area contributed by atoms with Gasteiger partial charge >= 0.3 is 18.3 Å². The van der Waals surface area contributed by atoms with Gasteiger partial charge in [0.25, 0.3) is 0 Å². The highest BCUT2D eigenvalue weighted by Crippen LogP contribution is 2.43. The summed E-state index contributed by atoms with van der Waals surface area (Å²) in [4.78, 5) is 11.1. The second-order valence-electron chi connectivity index (χ2n) is 3.37. The van der Waals surface area contributed by atoms with Gasteiger partial charge in [-0.15, -0.1) is 0 Å². The third-order valence-electron chi connectivity index (χ3n) is 2.18. The maximum Gasteiger partial charge on any atom is 0.419 e. The second-order valence-corrected chi connectivity index (χ2v) is 3.37. The van der Waals surface area contributed by atoms with E-state index in [4.69, 9.17) is 0 Å². The summed E-state index contributed by atoms with van der Waals surface area (Å²) in [7, 11) is 0.683. The van der Waals surface area contributed by atoms with Crippen molar-refractivity contribution in [2.45, 2.75) is 12.4 Å². The fourth-order valence-corrected chi connectivity index (χ4v) is 1.36. The van der Waals surface area contributed by atoms with Gasteiger partial charge in [-0.3, -0.25) is 0 Å². The molecule has 1 N–H and O–H groups in total. The minimum atomic E-state index is -5.11. The predicted molar refractivity (Wildman–Crippen MR) is 49.5 cm³/mol. The van der Waals surface area contributed by atoms with E-state index in [1.54, 1.807) is 0 Å². The molecule has 3 nitrogen and oxygen atoms in total. The van der Waals surface area contributed by atoms with E-state index in [0.29, 0.717) is 7.11 Å². The summed E-state index contributed by atoms with van der Waals surface area (Å²) >= 11 is 0. The molecule has 9 heteroatoms. The Labute approximate surface area is 102 Å². The van der Waals surface area contributed by atoms with Crippen LogP contribution in [0.2, 0.25) is 0 Å². The van der Waals surface area contributed by atoms with Gasteiger partial charge in [0.1, 0.15) is 11.3 Å². The maximum atomic E-state index is 12.6. The molecule has 1 aromatic carbocycles. The Morgan fingerprint density at radius 2 is 1.47 bits per heavy atom. The van der Waals surface area contributed by atoms with Gasteiger partial charge in [0.15, 0.2) is 0 Å². The van der Waals surface area contributed by atoms with Crippen molar-refractivity contribution in [3.63, 3.8) is 0 Å². The van der Waals surface area contributed by atoms with Crippen LogP contribution in [0.25, 0.3) is 0 Å². The Morgan fingerprint density at radius 1 is 1.05 bits per heavy atom. The van der Waals surface area contributed by atoms with Crippen molar-refractivity contribution in [1.29, 1.82) is 0 Å². The Bertz CT molecular complexity index is 503. The zero-order valence-corrected chi connectivity index (χ0v) is 9.19. The lowest BCUT2D eigenvalue weighted by Gasteiger charge is -2.16. The SMILES string of the molecule is COC(=O)c1c(C(F)(F)F)ccc(C(F)(F)F)c1O. The molecule has 0 aliphatic heterocycles. The normalized spacial score (nSPS) is 12.4. The van der Waals surface area contributed by atoms with Crippen LogP contribution < -0.4 is 0 Å². The van der Waals surface area contributed by atoms with Crippen LogP contribution in [-0.4, -0.2) is 18.2 Å². The molecule has 19 heavy (non-hydrogen) atoms. The Hall–Kier alpha value is -1.93. The Kier molecular flexibility index (Phi) is 3.69. The number of aromatic hydroxyl groups is 1. The largest absolute Gasteiger partial charge is 0.506 e. The van der Waals surface area contributed by atoms with Gasteiger partial charge < -0.3 is 9.84 Å². The molecule has 0 atom stereocenters. The van der Waals surface area contributed by atoms with Crippen molar-refractivity contribution < 1.29 is 41.0 Å². The number of carbonyl (C=O) groups excluding carboxylic acids is 1. The summed E-state index contributed by atoms with van der Waals surface area (Å²) in [6, 6.07) is 0.111. The van der Waals surface area contributed by atoms with E-state index < -0.39 is 40.8 Å². The predicted octanol–water partition coefficient (Wildman–Crippen LogP) is 3.22. The number of ether oxygens (including phenoxy) is 1. The smallest absolute Gasteiger partial charge is 0.419 e. The van der Waals surface area contributed by atoms with Crippen molar-refractivity contribution in [3.8, 4) is 5.75 Å². The lowest BCUT2D eigenvalue weighted by atomic mass is 10.0. The molecule has 0 heterocycles. The zero-order chi connectivity index (χ0) is 15.0. The van der Waals surface area contributed by atoms with E-state index in [0.717, 1.165) is 0 Å². The summed E-state index contributed by atoms with van der Waals surface area (Å²) in [5.41, 5.74) is -5.02. The summed E-state index contributed by atoms with van der Waals surface area (Å²) < 4.78 is 78.9. The third kappa shape index (κ3) is 2.91. The standard InChI is InChI=1S/C10H6F6O3/c1-19-8(18)6-4(9(11,12)13)2-3-5(7(6)17)10(14,15)16/h2-3,17H,1H3. The summed E-state index contributed by atoms with van der Waals surface area (Å²) in [5, 5.41) is 9.25. The maximum absolute atomic E-state index is 12.6. The lowest BCUT2D eigenvalue weighted by Crippen LogP contribution is -2.17. The van der Waals surface area contributed by atoms with E-state index in [-0.39, 0.29) is 12.1 Å². The van der Waals surface area contributed by atoms with Crippen LogP contribution in [-0.2, 0) is 17.1 Å². The van der Waals surface area contributed by atoms with E-state index >= 15 is 0 Å². The summed E-state index contributed by atoms with van der Waals surface area (Å²) in [5.74, 6) is -3.52. The van der Waals surface area contributed by atoms with Crippen LogP contribution in [0.5, 0.6) is 5.75 Å². The molecular weight excluding hydrogens is 282 g/mol. The number of rotatable bonds is 1. The average Bonchev–Trinajstić information content (AvgIpc) is 2.24. The van der Waals surface area contributed by atoms with Gasteiger partial charge in [-0.2, -0.15) is 26.3 Å². The molecule has 0 saturated carbocycles. The van der Waals surface area contributed by atoms with Gasteiger partial charge in [0, 0.05) is 0 Å². The number of esters is 1. The molecular formula is C10H6F6O3. The minimum Gasteiger partial charge on any atom is -0.506 e. The second kappa shape index (κ2) is 4.63. The monoisotopic (exact) mass is 288 g/mol. The average molecular weight is 288 g/mol. The number of alkyl halides is 6. The topological polar surface area (TPSA) is 46.5 Å². The van der Waals surface area contributed by atoms with Crippen LogP contribution >= 0.6 is 0 Å². The number of halogens is 6. The molecule has 1 rings (SSSR count). The first-order valence-electron chi connectivity index (χ1n) is 4.58. The molecule has 0 aliphatic rings. The van der Waals surface area contributed by atoms with Crippen LogP contribution in [0.15, 0.2) is 12.1 Å². The van der Waals surface area contributed by atoms with Crippen molar-refractivity contribution >= 4 is 5.97 Å². The number of benzene rings is 1. The molecule has 0 saturated heterocycles. The number of carbonyl (C=O) groups is 1. The Morgan fingerprint density at radius 3 is 1.84 bits per heavy atom. The molecule has 0 fully saturated rings. The zero-order valence-electron chi connectivity index (χ0n) is 9.19. The lowest BCUT2D eigenvalue weighted by molar-refractivity contribution is -0.142. The highest BCUT2D eigenvalue weighted by atomic mass is 19.4. The number of methoxy groups -OCH3 is 1. The minimum absolute atomic E-state index is 0.0462. The van der Waals surface area contributed by atoms with Gasteiger partial charge in [0.05, 0.1) is 18.2 Å². The van der Waals surface area contributed by atoms with Crippen molar-refractivity contribution in [3.05, 3.63) is 28.8 Å². The van der Waals surface area contributed by atoms with Crippen molar-refractivity contribution in [2.75, 3.05) is 7.11 Å². The molecule has 106 valence electrons. The van der Waals surface area contributed by atoms with Crippen LogP contribution in [0.1, 0.15) is 21.5 Å². The number of phenols is 1. The molecule has 1 aromatic rings. The third-order valence-corrected chi connectivity index (χ3v) is 2.18. The highest BCUT2D eigenvalue weighted by molar-refractivity contribution is 5.94. The van der Waals surface area contributed by atoms with Gasteiger partial charge in [0.2, 0.25) is 0 Å². The van der Waals surface area contributed by atoms with Crippen LogP contribution in [0, 0.1) is 0 Å². The molecule has 0 unspecified atom stereocenters. The fraction of sp³-hybridized carbons (Fsp3) is 0.300. The van der Waals surface area contributed by atoms with Crippen molar-refractivity contribution in [1.82, 2.24) is 0 Å². The summed E-state index contributed by atoms with van der Waals surface area (Å²) in [6.07, 6.45) is -10.2. The first kappa shape index (κ1) is 15.1. The van der Waals surface area contributed by atoms with Crippen LogP contribution in [0.4, 0.5) is 26.3 Å². The van der Waals surface area contributed by atoms with Gasteiger partial charge in [-0.1, -0.05) is 0 Å². The van der Waals surface area contributed by atoms with E-state index in [1.807, 2.05) is 0 Å². The Balaban J connectivity index is 3.65. The van der Waals surface area contributed by atoms with E-state index in [9.17, 15) is 36.2 Å². The van der Waals surface area contributed by atoms with Crippen molar-refractivity contribution in [2.24, 2.45) is 0 Å². The van der Waals surface area contributed by atoms with E-state index in [1.165, 1.54) is 0 Å². The van der Waals surface area contributed by atoms with Gasteiger partial charge in [-0.25, -0.2) is 4.79 Å². The highest BCUT2D eigenvalue weighted by Gasteiger charge is 2.42. The number of hydrogen-bond donors (Lipinski definition) is 1. The molecule has 0 aliphatic carbocycles. The van der Waals surface area contributed by atoms with E-state index in [2.05, 4.69) is 4.74 Å². The quantitative estimate of drug-likeness (QED) is 0.637. The first-order chi connectivity index (χ1) is 8.50. The summed E-state index contributed by atoms with van der Waals surface area (Å²) in [6.45, 7) is 0.